The maximum Gasteiger partial charge on any atom is 0.246 e. The van der Waals surface area contributed by atoms with Gasteiger partial charge in [0.1, 0.15) is 5.82 Å². The molecule has 3 aromatic rings. The summed E-state index contributed by atoms with van der Waals surface area (Å²) in [4.78, 5) is 15.6. The quantitative estimate of drug-likeness (QED) is 0.715. The fraction of sp³-hybridized carbons (Fsp3) is 0.333. The molecule has 8 nitrogen and oxygen atoms in total. The number of rotatable bonds is 5. The van der Waals surface area contributed by atoms with Crippen molar-refractivity contribution in [2.45, 2.75) is 13.5 Å². The van der Waals surface area contributed by atoms with Gasteiger partial charge >= 0.3 is 0 Å². The number of halogens is 1. The van der Waals surface area contributed by atoms with Gasteiger partial charge in [0.15, 0.2) is 0 Å². The zero-order valence-electron chi connectivity index (χ0n) is 14.9. The predicted octanol–water partition coefficient (Wildman–Crippen LogP) is 2.94. The van der Waals surface area contributed by atoms with Crippen molar-refractivity contribution in [2.24, 2.45) is 0 Å². The van der Waals surface area contributed by atoms with Gasteiger partial charge in [0.25, 0.3) is 0 Å². The number of aromatic nitrogens is 4. The Bertz CT molecular complexity index is 926. The summed E-state index contributed by atoms with van der Waals surface area (Å²) in [6, 6.07) is 9.27. The third-order valence-corrected chi connectivity index (χ3v) is 4.47. The molecule has 140 valence electrons. The summed E-state index contributed by atoms with van der Waals surface area (Å²) in [7, 11) is 0. The number of hydrogen-bond acceptors (Lipinski definition) is 8. The topological polar surface area (TPSA) is 89.2 Å². The molecule has 1 fully saturated rings. The largest absolute Gasteiger partial charge is 0.378 e. The summed E-state index contributed by atoms with van der Waals surface area (Å²) < 4.78 is 10.7. The number of aryl methyl sites for hydroxylation is 1. The van der Waals surface area contributed by atoms with Crippen molar-refractivity contribution in [1.82, 2.24) is 20.1 Å². The van der Waals surface area contributed by atoms with Gasteiger partial charge in [0.2, 0.25) is 17.7 Å². The Morgan fingerprint density at radius 3 is 2.78 bits per heavy atom. The highest BCUT2D eigenvalue weighted by Gasteiger charge is 2.16. The summed E-state index contributed by atoms with van der Waals surface area (Å²) in [6.45, 7) is 5.25. The van der Waals surface area contributed by atoms with Crippen LogP contribution in [0.2, 0.25) is 5.02 Å². The van der Waals surface area contributed by atoms with Gasteiger partial charge < -0.3 is 19.5 Å². The van der Waals surface area contributed by atoms with Crippen LogP contribution in [-0.4, -0.2) is 46.4 Å². The highest BCUT2D eigenvalue weighted by atomic mass is 35.5. The van der Waals surface area contributed by atoms with E-state index in [4.69, 9.17) is 20.9 Å². The molecule has 0 spiro atoms. The van der Waals surface area contributed by atoms with Crippen LogP contribution in [0.15, 0.2) is 34.9 Å². The van der Waals surface area contributed by atoms with E-state index < -0.39 is 0 Å². The zero-order valence-corrected chi connectivity index (χ0v) is 15.6. The van der Waals surface area contributed by atoms with Crippen LogP contribution in [0.25, 0.3) is 11.4 Å². The first-order valence-electron chi connectivity index (χ1n) is 8.69. The lowest BCUT2D eigenvalue weighted by atomic mass is 10.2. The summed E-state index contributed by atoms with van der Waals surface area (Å²) in [5.41, 5.74) is 1.62. The van der Waals surface area contributed by atoms with Gasteiger partial charge in [-0.25, -0.2) is 4.98 Å². The maximum absolute atomic E-state index is 6.18. The van der Waals surface area contributed by atoms with Crippen LogP contribution in [0.4, 0.5) is 11.8 Å². The molecule has 1 aromatic carbocycles. The van der Waals surface area contributed by atoms with Crippen molar-refractivity contribution in [3.8, 4) is 11.4 Å². The van der Waals surface area contributed by atoms with Crippen LogP contribution in [0, 0.1) is 6.92 Å². The maximum atomic E-state index is 6.18. The smallest absolute Gasteiger partial charge is 0.246 e. The normalized spacial score (nSPS) is 14.4. The fourth-order valence-electron chi connectivity index (χ4n) is 2.79. The van der Waals surface area contributed by atoms with Gasteiger partial charge in [-0.3, -0.25) is 0 Å². The lowest BCUT2D eigenvalue weighted by Gasteiger charge is -2.27. The molecule has 9 heteroatoms. The Balaban J connectivity index is 1.46. The van der Waals surface area contributed by atoms with E-state index in [-0.39, 0.29) is 0 Å². The van der Waals surface area contributed by atoms with Crippen molar-refractivity contribution >= 4 is 23.4 Å². The number of ether oxygens (including phenoxy) is 1. The van der Waals surface area contributed by atoms with Crippen LogP contribution >= 0.6 is 11.6 Å². The van der Waals surface area contributed by atoms with Crippen LogP contribution in [0.3, 0.4) is 0 Å². The molecule has 3 heterocycles. The van der Waals surface area contributed by atoms with Gasteiger partial charge in [-0.2, -0.15) is 9.97 Å². The van der Waals surface area contributed by atoms with Crippen LogP contribution in [-0.2, 0) is 11.3 Å². The van der Waals surface area contributed by atoms with E-state index in [9.17, 15) is 0 Å². The molecule has 0 atom stereocenters. The van der Waals surface area contributed by atoms with Gasteiger partial charge in [-0.1, -0.05) is 28.9 Å². The summed E-state index contributed by atoms with van der Waals surface area (Å²) in [5, 5.41) is 7.81. The van der Waals surface area contributed by atoms with Gasteiger partial charge in [-0.15, -0.1) is 0 Å². The molecule has 1 saturated heterocycles. The number of nitrogens with one attached hydrogen (secondary N) is 1. The molecular formula is C18H19ClN6O2. The highest BCUT2D eigenvalue weighted by molar-refractivity contribution is 6.33. The number of nitrogens with zero attached hydrogens (tertiary/aromatic N) is 5. The third-order valence-electron chi connectivity index (χ3n) is 4.14. The van der Waals surface area contributed by atoms with E-state index in [0.717, 1.165) is 24.3 Å². The Labute approximate surface area is 161 Å². The van der Waals surface area contributed by atoms with Crippen LogP contribution in [0.1, 0.15) is 11.6 Å². The lowest BCUT2D eigenvalue weighted by Crippen LogP contribution is -2.37. The number of benzene rings is 1. The van der Waals surface area contributed by atoms with E-state index in [0.29, 0.717) is 48.3 Å². The first-order valence-corrected chi connectivity index (χ1v) is 9.06. The van der Waals surface area contributed by atoms with E-state index in [1.165, 1.54) is 0 Å². The van der Waals surface area contributed by atoms with Crippen molar-refractivity contribution in [3.63, 3.8) is 0 Å². The molecule has 1 aliphatic heterocycles. The van der Waals surface area contributed by atoms with E-state index >= 15 is 0 Å². The first kappa shape index (κ1) is 17.7. The average molecular weight is 387 g/mol. The minimum Gasteiger partial charge on any atom is -0.378 e. The van der Waals surface area contributed by atoms with E-state index in [1.807, 2.05) is 31.2 Å². The standard InChI is InChI=1S/C18H19ClN6O2/c1-12-10-15(22-18(21-12)25-6-8-26-9-7-25)20-11-16-23-17(24-27-16)13-4-2-3-5-14(13)19/h2-5,10H,6-9,11H2,1H3,(H,20,21,22). The Morgan fingerprint density at radius 1 is 1.15 bits per heavy atom. The Kier molecular flexibility index (Phi) is 5.17. The van der Waals surface area contributed by atoms with Gasteiger partial charge in [0, 0.05) is 30.4 Å². The molecule has 4 rings (SSSR count). The monoisotopic (exact) mass is 386 g/mol. The second kappa shape index (κ2) is 7.89. The minimum absolute atomic E-state index is 0.358. The Morgan fingerprint density at radius 2 is 1.96 bits per heavy atom. The van der Waals surface area contributed by atoms with Crippen molar-refractivity contribution in [1.29, 1.82) is 0 Å². The van der Waals surface area contributed by atoms with Crippen molar-refractivity contribution in [2.75, 3.05) is 36.5 Å². The Hall–Kier alpha value is -2.71. The fourth-order valence-corrected chi connectivity index (χ4v) is 3.01. The second-order valence-corrected chi connectivity index (χ2v) is 6.55. The third kappa shape index (κ3) is 4.17. The van der Waals surface area contributed by atoms with Crippen LogP contribution in [0.5, 0.6) is 0 Å². The van der Waals surface area contributed by atoms with E-state index in [1.54, 1.807) is 6.07 Å². The zero-order chi connectivity index (χ0) is 18.6. The van der Waals surface area contributed by atoms with Crippen molar-refractivity contribution < 1.29 is 9.26 Å². The molecule has 1 aliphatic rings. The highest BCUT2D eigenvalue weighted by Crippen LogP contribution is 2.25. The SMILES string of the molecule is Cc1cc(NCc2nc(-c3ccccc3Cl)no2)nc(N2CCOCC2)n1. The molecule has 1 N–H and O–H groups in total. The molecule has 0 amide bonds. The van der Waals surface area contributed by atoms with Gasteiger partial charge in [-0.05, 0) is 19.1 Å². The summed E-state index contributed by atoms with van der Waals surface area (Å²) >= 11 is 6.18. The lowest BCUT2D eigenvalue weighted by molar-refractivity contribution is 0.122. The predicted molar refractivity (Wildman–Crippen MR) is 102 cm³/mol. The number of morpholine rings is 1. The number of hydrogen-bond donors (Lipinski definition) is 1. The average Bonchev–Trinajstić information content (AvgIpc) is 3.16. The molecule has 27 heavy (non-hydrogen) atoms. The van der Waals surface area contributed by atoms with E-state index in [2.05, 4.69) is 30.3 Å². The summed E-state index contributed by atoms with van der Waals surface area (Å²) in [6.07, 6.45) is 0. The molecular weight excluding hydrogens is 368 g/mol. The van der Waals surface area contributed by atoms with Crippen molar-refractivity contribution in [3.05, 3.63) is 46.9 Å². The summed E-state index contributed by atoms with van der Waals surface area (Å²) in [5.74, 6) is 2.32. The van der Waals surface area contributed by atoms with Gasteiger partial charge in [0.05, 0.1) is 24.8 Å². The molecule has 0 radical (unpaired) electrons. The molecule has 0 unspecified atom stereocenters. The minimum atomic E-state index is 0.358. The number of anilines is 2. The molecule has 0 saturated carbocycles. The molecule has 0 aliphatic carbocycles. The first-order chi connectivity index (χ1) is 13.2. The second-order valence-electron chi connectivity index (χ2n) is 6.14. The molecule has 2 aromatic heterocycles. The molecule has 0 bridgehead atoms. The van der Waals surface area contributed by atoms with Crippen LogP contribution < -0.4 is 10.2 Å².